The van der Waals surface area contributed by atoms with Crippen molar-refractivity contribution in [3.8, 4) is 0 Å². The lowest BCUT2D eigenvalue weighted by molar-refractivity contribution is 0.0777. The summed E-state index contributed by atoms with van der Waals surface area (Å²) in [7, 11) is 1.71. The second-order valence-corrected chi connectivity index (χ2v) is 4.44. The Morgan fingerprint density at radius 1 is 1.62 bits per heavy atom. The van der Waals surface area contributed by atoms with Crippen LogP contribution in [0.2, 0.25) is 0 Å². The van der Waals surface area contributed by atoms with Crippen molar-refractivity contribution in [3.63, 3.8) is 0 Å². The van der Waals surface area contributed by atoms with Crippen molar-refractivity contribution in [1.29, 1.82) is 0 Å². The zero-order valence-electron chi connectivity index (χ0n) is 8.97. The number of aromatic amines is 1. The number of aromatic nitrogens is 4. The molecule has 7 heteroatoms. The molecule has 0 atom stereocenters. The van der Waals surface area contributed by atoms with Gasteiger partial charge in [-0.05, 0) is 6.92 Å². The Kier molecular flexibility index (Phi) is 2.95. The van der Waals surface area contributed by atoms with Crippen LogP contribution in [0.4, 0.5) is 0 Å². The first-order valence-corrected chi connectivity index (χ1v) is 5.57. The summed E-state index contributed by atoms with van der Waals surface area (Å²) in [4.78, 5) is 17.7. The summed E-state index contributed by atoms with van der Waals surface area (Å²) in [5, 5.41) is 12.7. The van der Waals surface area contributed by atoms with Crippen molar-refractivity contribution in [3.05, 3.63) is 28.0 Å². The van der Waals surface area contributed by atoms with E-state index in [1.54, 1.807) is 23.3 Å². The predicted molar refractivity (Wildman–Crippen MR) is 59.0 cm³/mol. The minimum Gasteiger partial charge on any atom is -0.334 e. The fraction of sp³-hybridized carbons (Fsp3) is 0.333. The summed E-state index contributed by atoms with van der Waals surface area (Å²) in [6, 6.07) is 0. The van der Waals surface area contributed by atoms with Gasteiger partial charge in [0, 0.05) is 12.4 Å². The number of amides is 1. The Hall–Kier alpha value is -1.76. The molecule has 0 unspecified atom stereocenters. The molecule has 6 nitrogen and oxygen atoms in total. The van der Waals surface area contributed by atoms with Gasteiger partial charge in [0.05, 0.1) is 23.4 Å². The van der Waals surface area contributed by atoms with Crippen LogP contribution in [-0.4, -0.2) is 38.2 Å². The third-order valence-corrected chi connectivity index (χ3v) is 2.87. The molecular formula is C9H11N5OS. The number of H-pyrrole nitrogens is 1. The summed E-state index contributed by atoms with van der Waals surface area (Å²) < 4.78 is 0. The Bertz CT molecular complexity index is 478. The van der Waals surface area contributed by atoms with E-state index in [1.165, 1.54) is 6.20 Å². The number of nitrogens with one attached hydrogen (secondary N) is 1. The summed E-state index contributed by atoms with van der Waals surface area (Å²) >= 11 is 1.57. The van der Waals surface area contributed by atoms with E-state index in [1.807, 2.05) is 12.3 Å². The molecule has 2 aromatic rings. The molecule has 0 spiro atoms. The normalized spacial score (nSPS) is 10.4. The lowest BCUT2D eigenvalue weighted by Crippen LogP contribution is -2.26. The Morgan fingerprint density at radius 2 is 2.44 bits per heavy atom. The largest absolute Gasteiger partial charge is 0.334 e. The molecule has 1 amide bonds. The van der Waals surface area contributed by atoms with Crippen LogP contribution in [0.1, 0.15) is 21.2 Å². The van der Waals surface area contributed by atoms with E-state index in [-0.39, 0.29) is 5.91 Å². The number of carbonyl (C=O) groups is 1. The topological polar surface area (TPSA) is 74.8 Å². The van der Waals surface area contributed by atoms with Crippen LogP contribution in [0.25, 0.3) is 0 Å². The molecule has 2 rings (SSSR count). The van der Waals surface area contributed by atoms with Crippen LogP contribution in [0.3, 0.4) is 0 Å². The van der Waals surface area contributed by atoms with Crippen LogP contribution in [0.5, 0.6) is 0 Å². The number of rotatable bonds is 3. The zero-order chi connectivity index (χ0) is 11.5. The van der Waals surface area contributed by atoms with Gasteiger partial charge in [-0.15, -0.1) is 11.3 Å². The van der Waals surface area contributed by atoms with Gasteiger partial charge in [0.15, 0.2) is 5.69 Å². The molecule has 0 saturated heterocycles. The van der Waals surface area contributed by atoms with E-state index in [0.717, 1.165) is 10.7 Å². The van der Waals surface area contributed by atoms with Gasteiger partial charge >= 0.3 is 0 Å². The van der Waals surface area contributed by atoms with Crippen LogP contribution >= 0.6 is 11.3 Å². The molecule has 2 aromatic heterocycles. The second-order valence-electron chi connectivity index (χ2n) is 3.37. The van der Waals surface area contributed by atoms with Crippen LogP contribution in [0, 0.1) is 6.92 Å². The third-order valence-electron chi connectivity index (χ3n) is 2.05. The maximum atomic E-state index is 11.8. The van der Waals surface area contributed by atoms with Gasteiger partial charge in [-0.25, -0.2) is 4.98 Å². The number of aryl methyl sites for hydroxylation is 1. The minimum absolute atomic E-state index is 0.167. The number of nitrogens with zero attached hydrogens (tertiary/aromatic N) is 4. The standard InChI is InChI=1S/C9H11N5OS/c1-6-11-7(5-16-6)4-14(2)9(15)8-3-10-13-12-8/h3,5H,4H2,1-2H3,(H,10,12,13). The molecular weight excluding hydrogens is 226 g/mol. The van der Waals surface area contributed by atoms with E-state index < -0.39 is 0 Å². The van der Waals surface area contributed by atoms with Crippen molar-refractivity contribution in [2.24, 2.45) is 0 Å². The molecule has 0 aromatic carbocycles. The van der Waals surface area contributed by atoms with Crippen molar-refractivity contribution >= 4 is 17.2 Å². The van der Waals surface area contributed by atoms with Crippen molar-refractivity contribution in [2.75, 3.05) is 7.05 Å². The van der Waals surface area contributed by atoms with Crippen molar-refractivity contribution in [1.82, 2.24) is 25.3 Å². The molecule has 1 N–H and O–H groups in total. The lowest BCUT2D eigenvalue weighted by Gasteiger charge is -2.13. The van der Waals surface area contributed by atoms with Crippen LogP contribution in [0.15, 0.2) is 11.6 Å². The summed E-state index contributed by atoms with van der Waals surface area (Å²) in [6.45, 7) is 2.42. The Morgan fingerprint density at radius 3 is 3.00 bits per heavy atom. The van der Waals surface area contributed by atoms with Gasteiger partial charge in [0.1, 0.15) is 0 Å². The zero-order valence-corrected chi connectivity index (χ0v) is 9.78. The Labute approximate surface area is 96.3 Å². The molecule has 0 aliphatic heterocycles. The summed E-state index contributed by atoms with van der Waals surface area (Å²) in [6.07, 6.45) is 1.41. The van der Waals surface area contributed by atoms with Gasteiger partial charge in [0.2, 0.25) is 0 Å². The number of thiazole rings is 1. The minimum atomic E-state index is -0.167. The molecule has 0 aliphatic rings. The van der Waals surface area contributed by atoms with Gasteiger partial charge in [0.25, 0.3) is 5.91 Å². The van der Waals surface area contributed by atoms with Gasteiger partial charge in [-0.3, -0.25) is 4.79 Å². The number of hydrogen-bond acceptors (Lipinski definition) is 5. The first-order chi connectivity index (χ1) is 7.66. The van der Waals surface area contributed by atoms with Gasteiger partial charge < -0.3 is 4.90 Å². The number of hydrogen-bond donors (Lipinski definition) is 1. The average molecular weight is 237 g/mol. The summed E-state index contributed by atoms with van der Waals surface area (Å²) in [5.74, 6) is -0.167. The molecule has 2 heterocycles. The quantitative estimate of drug-likeness (QED) is 0.858. The molecule has 0 aliphatic carbocycles. The highest BCUT2D eigenvalue weighted by Crippen LogP contribution is 2.10. The van der Waals surface area contributed by atoms with E-state index >= 15 is 0 Å². The van der Waals surface area contributed by atoms with Gasteiger partial charge in [-0.1, -0.05) is 0 Å². The maximum absolute atomic E-state index is 11.8. The van der Waals surface area contributed by atoms with Crippen LogP contribution in [-0.2, 0) is 6.54 Å². The van der Waals surface area contributed by atoms with Crippen molar-refractivity contribution < 1.29 is 4.79 Å². The molecule has 0 radical (unpaired) electrons. The fourth-order valence-corrected chi connectivity index (χ4v) is 1.90. The lowest BCUT2D eigenvalue weighted by atomic mass is 10.3. The highest BCUT2D eigenvalue weighted by Gasteiger charge is 2.15. The van der Waals surface area contributed by atoms with E-state index in [2.05, 4.69) is 20.4 Å². The highest BCUT2D eigenvalue weighted by molar-refractivity contribution is 7.09. The summed E-state index contributed by atoms with van der Waals surface area (Å²) in [5.41, 5.74) is 1.20. The highest BCUT2D eigenvalue weighted by atomic mass is 32.1. The fourth-order valence-electron chi connectivity index (χ4n) is 1.30. The average Bonchev–Trinajstić information content (AvgIpc) is 2.88. The monoisotopic (exact) mass is 237 g/mol. The first-order valence-electron chi connectivity index (χ1n) is 4.69. The van der Waals surface area contributed by atoms with Crippen LogP contribution < -0.4 is 0 Å². The second kappa shape index (κ2) is 4.40. The molecule has 16 heavy (non-hydrogen) atoms. The smallest absolute Gasteiger partial charge is 0.276 e. The van der Waals surface area contributed by atoms with E-state index in [0.29, 0.717) is 12.2 Å². The molecule has 0 fully saturated rings. The number of carbonyl (C=O) groups excluding carboxylic acids is 1. The maximum Gasteiger partial charge on any atom is 0.276 e. The van der Waals surface area contributed by atoms with Gasteiger partial charge in [-0.2, -0.15) is 15.4 Å². The van der Waals surface area contributed by atoms with E-state index in [9.17, 15) is 4.79 Å². The first kappa shape index (κ1) is 10.7. The molecule has 84 valence electrons. The third kappa shape index (κ3) is 2.25. The SMILES string of the molecule is Cc1nc(CN(C)C(=O)c2cn[nH]n2)cs1. The van der Waals surface area contributed by atoms with Crippen molar-refractivity contribution in [2.45, 2.75) is 13.5 Å². The molecule has 0 saturated carbocycles. The molecule has 0 bridgehead atoms. The predicted octanol–water partition coefficient (Wildman–Crippen LogP) is 0.842. The Balaban J connectivity index is 2.03. The van der Waals surface area contributed by atoms with E-state index in [4.69, 9.17) is 0 Å².